The average molecular weight is 497 g/mol. The van der Waals surface area contributed by atoms with Gasteiger partial charge in [-0.2, -0.15) is 0 Å². The predicted molar refractivity (Wildman–Crippen MR) is 134 cm³/mol. The lowest BCUT2D eigenvalue weighted by Gasteiger charge is -2.18. The molecule has 1 aliphatic rings. The minimum absolute atomic E-state index is 0.109. The number of ether oxygens (including phenoxy) is 3. The number of hydrogen-bond donors (Lipinski definition) is 0. The van der Waals surface area contributed by atoms with Crippen molar-refractivity contribution in [3.8, 4) is 28.4 Å². The summed E-state index contributed by atoms with van der Waals surface area (Å²) in [6.45, 7) is 3.35. The maximum atomic E-state index is 13.4. The van der Waals surface area contributed by atoms with Crippen LogP contribution in [0.25, 0.3) is 22.1 Å². The van der Waals surface area contributed by atoms with Gasteiger partial charge in [0.05, 0.1) is 10.9 Å². The molecule has 1 aliphatic heterocycles. The van der Waals surface area contributed by atoms with Gasteiger partial charge < -0.3 is 18.6 Å². The summed E-state index contributed by atoms with van der Waals surface area (Å²) in [4.78, 5) is 13.4. The lowest BCUT2D eigenvalue weighted by molar-refractivity contribution is 0.171. The van der Waals surface area contributed by atoms with Crippen LogP contribution in [0.2, 0.25) is 10.0 Å². The van der Waals surface area contributed by atoms with Gasteiger partial charge in [0.25, 0.3) is 0 Å². The van der Waals surface area contributed by atoms with Gasteiger partial charge in [0.15, 0.2) is 11.5 Å². The van der Waals surface area contributed by atoms with E-state index in [9.17, 15) is 4.79 Å². The molecule has 34 heavy (non-hydrogen) atoms. The SMILES string of the molecule is CCCc1cc2c(=O)c(-c3ccc4c(c3)OCCO4)coc2cc1OCc1ccc(Cl)cc1Cl. The minimum Gasteiger partial charge on any atom is -0.488 e. The van der Waals surface area contributed by atoms with Gasteiger partial charge in [-0.15, -0.1) is 0 Å². The fourth-order valence-electron chi connectivity index (χ4n) is 4.01. The summed E-state index contributed by atoms with van der Waals surface area (Å²) < 4.78 is 23.2. The van der Waals surface area contributed by atoms with Gasteiger partial charge in [-0.1, -0.05) is 48.7 Å². The first-order chi connectivity index (χ1) is 16.5. The first kappa shape index (κ1) is 22.6. The van der Waals surface area contributed by atoms with E-state index in [1.54, 1.807) is 18.2 Å². The molecule has 174 valence electrons. The first-order valence-electron chi connectivity index (χ1n) is 11.1. The Bertz CT molecular complexity index is 1430. The van der Waals surface area contributed by atoms with Crippen molar-refractivity contribution in [3.05, 3.63) is 86.2 Å². The Morgan fingerprint density at radius 3 is 2.56 bits per heavy atom. The summed E-state index contributed by atoms with van der Waals surface area (Å²) in [7, 11) is 0. The van der Waals surface area contributed by atoms with Crippen molar-refractivity contribution in [2.75, 3.05) is 13.2 Å². The fraction of sp³-hybridized carbons (Fsp3) is 0.222. The van der Waals surface area contributed by atoms with E-state index < -0.39 is 0 Å². The molecule has 0 bridgehead atoms. The Hall–Kier alpha value is -3.15. The molecule has 0 saturated heterocycles. The topological polar surface area (TPSA) is 57.9 Å². The lowest BCUT2D eigenvalue weighted by Crippen LogP contribution is -2.15. The Kier molecular flexibility index (Phi) is 6.40. The smallest absolute Gasteiger partial charge is 0.200 e. The second kappa shape index (κ2) is 9.61. The maximum absolute atomic E-state index is 13.4. The van der Waals surface area contributed by atoms with E-state index in [2.05, 4.69) is 6.92 Å². The highest BCUT2D eigenvalue weighted by atomic mass is 35.5. The molecule has 4 aromatic rings. The van der Waals surface area contributed by atoms with Crippen LogP contribution in [-0.2, 0) is 13.0 Å². The highest BCUT2D eigenvalue weighted by molar-refractivity contribution is 6.35. The van der Waals surface area contributed by atoms with Gasteiger partial charge in [0.2, 0.25) is 5.43 Å². The van der Waals surface area contributed by atoms with Crippen LogP contribution in [0, 0.1) is 0 Å². The van der Waals surface area contributed by atoms with E-state index in [-0.39, 0.29) is 12.0 Å². The number of halogens is 2. The van der Waals surface area contributed by atoms with Crippen LogP contribution in [0.3, 0.4) is 0 Å². The summed E-state index contributed by atoms with van der Waals surface area (Å²) in [5.41, 5.74) is 3.30. The normalized spacial score (nSPS) is 12.7. The summed E-state index contributed by atoms with van der Waals surface area (Å²) >= 11 is 12.3. The van der Waals surface area contributed by atoms with E-state index in [0.717, 1.165) is 29.5 Å². The summed E-state index contributed by atoms with van der Waals surface area (Å²) in [6.07, 6.45) is 3.14. The standard InChI is InChI=1S/C27H22Cl2O5/c1-2-3-17-10-20-25(13-24(17)33-14-18-4-6-19(28)12-22(18)29)34-15-21(27(20)30)16-5-7-23-26(11-16)32-9-8-31-23/h4-7,10-13,15H,2-3,8-9,14H2,1H3. The van der Waals surface area contributed by atoms with Gasteiger partial charge in [-0.05, 0) is 47.9 Å². The highest BCUT2D eigenvalue weighted by Gasteiger charge is 2.17. The van der Waals surface area contributed by atoms with Crippen LogP contribution in [0.4, 0.5) is 0 Å². The largest absolute Gasteiger partial charge is 0.488 e. The minimum atomic E-state index is -0.109. The number of rotatable bonds is 6. The molecule has 1 aromatic heterocycles. The van der Waals surface area contributed by atoms with Crippen LogP contribution in [0.1, 0.15) is 24.5 Å². The summed E-state index contributed by atoms with van der Waals surface area (Å²) in [6, 6.07) is 14.4. The summed E-state index contributed by atoms with van der Waals surface area (Å²) in [5, 5.41) is 1.62. The van der Waals surface area contributed by atoms with Crippen LogP contribution >= 0.6 is 23.2 Å². The van der Waals surface area contributed by atoms with Crippen molar-refractivity contribution in [2.24, 2.45) is 0 Å². The second-order valence-corrected chi connectivity index (χ2v) is 8.91. The van der Waals surface area contributed by atoms with Gasteiger partial charge in [-0.3, -0.25) is 4.79 Å². The Morgan fingerprint density at radius 1 is 0.941 bits per heavy atom. The number of aryl methyl sites for hydroxylation is 1. The predicted octanol–water partition coefficient (Wildman–Crippen LogP) is 7.07. The monoisotopic (exact) mass is 496 g/mol. The van der Waals surface area contributed by atoms with E-state index in [1.807, 2.05) is 30.3 Å². The third-order valence-electron chi connectivity index (χ3n) is 5.73. The van der Waals surface area contributed by atoms with Crippen LogP contribution < -0.4 is 19.6 Å². The Balaban J connectivity index is 1.51. The van der Waals surface area contributed by atoms with Crippen molar-refractivity contribution in [1.29, 1.82) is 0 Å². The van der Waals surface area contributed by atoms with Crippen LogP contribution in [-0.4, -0.2) is 13.2 Å². The number of hydrogen-bond acceptors (Lipinski definition) is 5. The van der Waals surface area contributed by atoms with Crippen molar-refractivity contribution in [1.82, 2.24) is 0 Å². The zero-order valence-electron chi connectivity index (χ0n) is 18.5. The van der Waals surface area contributed by atoms with E-state index in [1.165, 1.54) is 6.26 Å². The molecule has 0 N–H and O–H groups in total. The molecular weight excluding hydrogens is 475 g/mol. The van der Waals surface area contributed by atoms with E-state index >= 15 is 0 Å². The average Bonchev–Trinajstić information content (AvgIpc) is 2.84. The zero-order valence-corrected chi connectivity index (χ0v) is 20.0. The molecule has 7 heteroatoms. The van der Waals surface area contributed by atoms with Crippen molar-refractivity contribution < 1.29 is 18.6 Å². The van der Waals surface area contributed by atoms with Crippen LogP contribution in [0.5, 0.6) is 17.2 Å². The zero-order chi connectivity index (χ0) is 23.7. The molecule has 0 aliphatic carbocycles. The first-order valence-corrected chi connectivity index (χ1v) is 11.8. The van der Waals surface area contributed by atoms with Gasteiger partial charge in [-0.25, -0.2) is 0 Å². The molecular formula is C27H22Cl2O5. The summed E-state index contributed by atoms with van der Waals surface area (Å²) in [5.74, 6) is 1.96. The molecule has 0 fully saturated rings. The van der Waals surface area contributed by atoms with Crippen molar-refractivity contribution in [3.63, 3.8) is 0 Å². The Morgan fingerprint density at radius 2 is 1.76 bits per heavy atom. The Labute approximate surface area is 206 Å². The van der Waals surface area contributed by atoms with Gasteiger partial charge in [0, 0.05) is 21.7 Å². The molecule has 5 nitrogen and oxygen atoms in total. The fourth-order valence-corrected chi connectivity index (χ4v) is 4.47. The van der Waals surface area contributed by atoms with Gasteiger partial charge >= 0.3 is 0 Å². The molecule has 5 rings (SSSR count). The lowest BCUT2D eigenvalue weighted by atomic mass is 10.0. The molecule has 0 spiro atoms. The van der Waals surface area contributed by atoms with E-state index in [4.69, 9.17) is 41.8 Å². The third kappa shape index (κ3) is 4.46. The quantitative estimate of drug-likeness (QED) is 0.285. The molecule has 0 radical (unpaired) electrons. The number of fused-ring (bicyclic) bond motifs is 2. The van der Waals surface area contributed by atoms with Crippen molar-refractivity contribution in [2.45, 2.75) is 26.4 Å². The molecule has 0 saturated carbocycles. The highest BCUT2D eigenvalue weighted by Crippen LogP contribution is 2.35. The van der Waals surface area contributed by atoms with Crippen molar-refractivity contribution >= 4 is 34.2 Å². The molecule has 3 aromatic carbocycles. The van der Waals surface area contributed by atoms with Gasteiger partial charge in [0.1, 0.15) is 37.4 Å². The second-order valence-electron chi connectivity index (χ2n) is 8.07. The van der Waals surface area contributed by atoms with E-state index in [0.29, 0.717) is 57.0 Å². The van der Waals surface area contributed by atoms with Crippen LogP contribution in [0.15, 0.2) is 64.0 Å². The molecule has 0 amide bonds. The molecule has 2 heterocycles. The third-order valence-corrected chi connectivity index (χ3v) is 6.31. The maximum Gasteiger partial charge on any atom is 0.200 e. The molecule has 0 unspecified atom stereocenters. The molecule has 0 atom stereocenters. The number of benzene rings is 3.